The Kier molecular flexibility index (Phi) is 4.54. The number of aromatic nitrogens is 3. The first-order valence-corrected chi connectivity index (χ1v) is 8.61. The van der Waals surface area contributed by atoms with Crippen LogP contribution in [0.15, 0.2) is 6.20 Å². The van der Waals surface area contributed by atoms with E-state index >= 15 is 0 Å². The van der Waals surface area contributed by atoms with Crippen LogP contribution in [0.4, 0.5) is 16.8 Å². The summed E-state index contributed by atoms with van der Waals surface area (Å²) < 4.78 is 0. The number of aryl methyl sites for hydroxylation is 1. The molecule has 0 spiro atoms. The number of nitrogens with one attached hydrogen (secondary N) is 1. The molecule has 0 aliphatic heterocycles. The largest absolute Gasteiger partial charge is 0.383 e. The Morgan fingerprint density at radius 2 is 2.18 bits per heavy atom. The Morgan fingerprint density at radius 3 is 2.82 bits per heavy atom. The van der Waals surface area contributed by atoms with Crippen molar-refractivity contribution >= 4 is 28.1 Å². The minimum atomic E-state index is 0.510. The molecular weight excluding hydrogens is 296 g/mol. The summed E-state index contributed by atoms with van der Waals surface area (Å²) >= 11 is 1.70. The van der Waals surface area contributed by atoms with Crippen LogP contribution in [0.2, 0.25) is 0 Å². The molecule has 2 heterocycles. The first kappa shape index (κ1) is 15.2. The molecule has 0 saturated heterocycles. The molecule has 1 saturated carbocycles. The molecule has 5 N–H and O–H groups in total. The summed E-state index contributed by atoms with van der Waals surface area (Å²) in [5, 5.41) is 4.18. The monoisotopic (exact) mass is 318 g/mol. The Morgan fingerprint density at radius 1 is 1.36 bits per heavy atom. The Hall–Kier alpha value is -1.73. The lowest BCUT2D eigenvalue weighted by molar-refractivity contribution is 0.425. The number of hydrogen-bond donors (Lipinski definition) is 3. The van der Waals surface area contributed by atoms with E-state index in [1.165, 1.54) is 24.1 Å². The molecule has 0 unspecified atom stereocenters. The van der Waals surface area contributed by atoms with Crippen molar-refractivity contribution in [3.05, 3.63) is 22.5 Å². The molecule has 22 heavy (non-hydrogen) atoms. The molecule has 1 fully saturated rings. The minimum absolute atomic E-state index is 0.510. The highest BCUT2D eigenvalue weighted by molar-refractivity contribution is 7.15. The topological polar surface area (TPSA) is 103 Å². The van der Waals surface area contributed by atoms with Crippen LogP contribution < -0.4 is 16.8 Å². The van der Waals surface area contributed by atoms with Crippen LogP contribution in [-0.2, 0) is 12.8 Å². The van der Waals surface area contributed by atoms with Gasteiger partial charge in [-0.2, -0.15) is 0 Å². The molecule has 1 aliphatic rings. The van der Waals surface area contributed by atoms with Gasteiger partial charge in [-0.1, -0.05) is 13.3 Å². The zero-order valence-electron chi connectivity index (χ0n) is 12.8. The SMILES string of the molecule is CCc1nc(N)c(CCN)c(Nc2ncc(C3CCC3)s2)n1. The van der Waals surface area contributed by atoms with Crippen LogP contribution in [0.25, 0.3) is 0 Å². The molecule has 118 valence electrons. The number of rotatable bonds is 6. The van der Waals surface area contributed by atoms with Gasteiger partial charge in [0.2, 0.25) is 0 Å². The van der Waals surface area contributed by atoms with Gasteiger partial charge in [0.1, 0.15) is 17.5 Å². The fourth-order valence-electron chi connectivity index (χ4n) is 2.53. The van der Waals surface area contributed by atoms with Crippen molar-refractivity contribution in [3.63, 3.8) is 0 Å². The van der Waals surface area contributed by atoms with Gasteiger partial charge in [0.05, 0.1) is 0 Å². The molecule has 0 atom stereocenters. The van der Waals surface area contributed by atoms with Gasteiger partial charge in [-0.3, -0.25) is 0 Å². The van der Waals surface area contributed by atoms with Crippen molar-refractivity contribution in [1.82, 2.24) is 15.0 Å². The molecule has 2 aromatic heterocycles. The maximum atomic E-state index is 6.06. The number of anilines is 3. The van der Waals surface area contributed by atoms with E-state index in [1.54, 1.807) is 11.3 Å². The molecule has 3 rings (SSSR count). The van der Waals surface area contributed by atoms with Crippen LogP contribution in [0.3, 0.4) is 0 Å². The molecule has 0 radical (unpaired) electrons. The summed E-state index contributed by atoms with van der Waals surface area (Å²) in [5.41, 5.74) is 12.6. The molecular formula is C15H22N6S. The summed E-state index contributed by atoms with van der Waals surface area (Å²) in [7, 11) is 0. The van der Waals surface area contributed by atoms with Gasteiger partial charge in [0.15, 0.2) is 5.13 Å². The van der Waals surface area contributed by atoms with Gasteiger partial charge in [0.25, 0.3) is 0 Å². The first-order chi connectivity index (χ1) is 10.7. The van der Waals surface area contributed by atoms with Gasteiger partial charge in [-0.05, 0) is 31.7 Å². The van der Waals surface area contributed by atoms with Gasteiger partial charge in [-0.25, -0.2) is 15.0 Å². The minimum Gasteiger partial charge on any atom is -0.383 e. The summed E-state index contributed by atoms with van der Waals surface area (Å²) in [6, 6.07) is 0. The average molecular weight is 318 g/mol. The van der Waals surface area contributed by atoms with Crippen molar-refractivity contribution in [1.29, 1.82) is 0 Å². The van der Waals surface area contributed by atoms with Crippen LogP contribution >= 0.6 is 11.3 Å². The second-order valence-electron chi connectivity index (χ2n) is 5.57. The smallest absolute Gasteiger partial charge is 0.188 e. The van der Waals surface area contributed by atoms with Crippen molar-refractivity contribution in [2.75, 3.05) is 17.6 Å². The lowest BCUT2D eigenvalue weighted by Crippen LogP contribution is -2.12. The van der Waals surface area contributed by atoms with Crippen molar-refractivity contribution < 1.29 is 0 Å². The van der Waals surface area contributed by atoms with E-state index in [0.717, 1.165) is 28.8 Å². The molecule has 0 bridgehead atoms. The number of nitrogens with two attached hydrogens (primary N) is 2. The predicted molar refractivity (Wildman–Crippen MR) is 90.6 cm³/mol. The normalized spacial score (nSPS) is 14.8. The van der Waals surface area contributed by atoms with Crippen LogP contribution in [0, 0.1) is 0 Å². The second-order valence-corrected chi connectivity index (χ2v) is 6.63. The first-order valence-electron chi connectivity index (χ1n) is 7.79. The molecule has 1 aliphatic carbocycles. The molecule has 7 heteroatoms. The van der Waals surface area contributed by atoms with Crippen molar-refractivity contribution in [2.45, 2.75) is 44.9 Å². The van der Waals surface area contributed by atoms with E-state index < -0.39 is 0 Å². The maximum absolute atomic E-state index is 6.06. The predicted octanol–water partition coefficient (Wildman–Crippen LogP) is 2.59. The lowest BCUT2D eigenvalue weighted by Gasteiger charge is -2.23. The highest BCUT2D eigenvalue weighted by Crippen LogP contribution is 2.40. The van der Waals surface area contributed by atoms with Crippen LogP contribution in [0.5, 0.6) is 0 Å². The third-order valence-electron chi connectivity index (χ3n) is 4.05. The van der Waals surface area contributed by atoms with E-state index in [2.05, 4.69) is 20.3 Å². The summed E-state index contributed by atoms with van der Waals surface area (Å²) in [6.07, 6.45) is 7.26. The van der Waals surface area contributed by atoms with Gasteiger partial charge in [0, 0.05) is 23.1 Å². The molecule has 6 nitrogen and oxygen atoms in total. The fourth-order valence-corrected chi connectivity index (χ4v) is 3.51. The number of thiazole rings is 1. The third kappa shape index (κ3) is 3.05. The fraction of sp³-hybridized carbons (Fsp3) is 0.533. The van der Waals surface area contributed by atoms with Crippen LogP contribution in [0.1, 0.15) is 48.4 Å². The Labute approximate surface area is 134 Å². The second kappa shape index (κ2) is 6.58. The number of nitrogen functional groups attached to an aromatic ring is 1. The Balaban J connectivity index is 1.86. The van der Waals surface area contributed by atoms with Crippen molar-refractivity contribution in [3.8, 4) is 0 Å². The summed E-state index contributed by atoms with van der Waals surface area (Å²) in [6.45, 7) is 2.53. The van der Waals surface area contributed by atoms with E-state index in [9.17, 15) is 0 Å². The van der Waals surface area contributed by atoms with E-state index in [-0.39, 0.29) is 0 Å². The van der Waals surface area contributed by atoms with Gasteiger partial charge in [-0.15, -0.1) is 11.3 Å². The standard InChI is InChI=1S/C15H22N6S/c1-2-12-19-13(17)10(6-7-16)14(20-12)21-15-18-8-11(22-15)9-4-3-5-9/h8-9H,2-7,16H2,1H3,(H3,17,18,19,20,21). The molecule has 0 aromatic carbocycles. The van der Waals surface area contributed by atoms with E-state index in [4.69, 9.17) is 11.5 Å². The highest BCUT2D eigenvalue weighted by Gasteiger charge is 2.22. The molecule has 2 aromatic rings. The summed E-state index contributed by atoms with van der Waals surface area (Å²) in [4.78, 5) is 14.7. The highest BCUT2D eigenvalue weighted by atomic mass is 32.1. The van der Waals surface area contributed by atoms with Crippen LogP contribution in [-0.4, -0.2) is 21.5 Å². The average Bonchev–Trinajstić information content (AvgIpc) is 2.88. The zero-order valence-corrected chi connectivity index (χ0v) is 13.6. The van der Waals surface area contributed by atoms with Crippen molar-refractivity contribution in [2.24, 2.45) is 5.73 Å². The third-order valence-corrected chi connectivity index (χ3v) is 5.13. The van der Waals surface area contributed by atoms with E-state index in [1.807, 2.05) is 13.1 Å². The number of nitrogens with zero attached hydrogens (tertiary/aromatic N) is 3. The summed E-state index contributed by atoms with van der Waals surface area (Å²) in [5.74, 6) is 2.68. The maximum Gasteiger partial charge on any atom is 0.188 e. The quantitative estimate of drug-likeness (QED) is 0.756. The lowest BCUT2D eigenvalue weighted by atomic mass is 9.85. The molecule has 0 amide bonds. The number of hydrogen-bond acceptors (Lipinski definition) is 7. The van der Waals surface area contributed by atoms with Gasteiger partial charge >= 0.3 is 0 Å². The van der Waals surface area contributed by atoms with E-state index in [0.29, 0.717) is 24.7 Å². The Bertz CT molecular complexity index is 649. The zero-order chi connectivity index (χ0) is 15.5. The van der Waals surface area contributed by atoms with Gasteiger partial charge < -0.3 is 16.8 Å².